The average Bonchev–Trinajstić information content (AvgIpc) is 2.75. The van der Waals surface area contributed by atoms with Gasteiger partial charge in [0.25, 0.3) is 0 Å². The van der Waals surface area contributed by atoms with Gasteiger partial charge in [0.2, 0.25) is 0 Å². The highest BCUT2D eigenvalue weighted by Gasteiger charge is 2.22. The van der Waals surface area contributed by atoms with Crippen molar-refractivity contribution in [2.45, 2.75) is 33.2 Å². The van der Waals surface area contributed by atoms with Crippen LogP contribution in [0.2, 0.25) is 0 Å². The molecule has 1 saturated heterocycles. The molecular formula is C16H26N2. The van der Waals surface area contributed by atoms with Crippen LogP contribution in [0, 0.1) is 12.8 Å². The average molecular weight is 246 g/mol. The molecule has 2 rings (SSSR count). The lowest BCUT2D eigenvalue weighted by Gasteiger charge is -2.25. The van der Waals surface area contributed by atoms with Gasteiger partial charge >= 0.3 is 0 Å². The van der Waals surface area contributed by atoms with Gasteiger partial charge in [0.05, 0.1) is 0 Å². The second-order valence-corrected chi connectivity index (χ2v) is 5.67. The third-order valence-electron chi connectivity index (χ3n) is 3.88. The minimum atomic E-state index is 0.473. The Morgan fingerprint density at radius 1 is 1.33 bits per heavy atom. The lowest BCUT2D eigenvalue weighted by Crippen LogP contribution is -2.34. The zero-order chi connectivity index (χ0) is 13.0. The molecule has 0 aromatic heterocycles. The molecule has 2 heteroatoms. The number of hydrogen-bond donors (Lipinski definition) is 1. The summed E-state index contributed by atoms with van der Waals surface area (Å²) in [5.41, 5.74) is 2.76. The van der Waals surface area contributed by atoms with E-state index in [1.165, 1.54) is 30.6 Å². The molecule has 1 heterocycles. The zero-order valence-corrected chi connectivity index (χ0v) is 11.9. The molecule has 1 N–H and O–H groups in total. The molecule has 1 aromatic rings. The Kier molecular flexibility index (Phi) is 4.79. The summed E-state index contributed by atoms with van der Waals surface area (Å²) in [6, 6.07) is 9.43. The highest BCUT2D eigenvalue weighted by atomic mass is 15.2. The highest BCUT2D eigenvalue weighted by Crippen LogP contribution is 2.20. The first-order valence-corrected chi connectivity index (χ1v) is 7.21. The molecule has 18 heavy (non-hydrogen) atoms. The van der Waals surface area contributed by atoms with E-state index in [4.69, 9.17) is 0 Å². The van der Waals surface area contributed by atoms with Crippen LogP contribution in [0.25, 0.3) is 0 Å². The van der Waals surface area contributed by atoms with E-state index in [9.17, 15) is 0 Å². The van der Waals surface area contributed by atoms with Crippen LogP contribution in [-0.4, -0.2) is 31.1 Å². The monoisotopic (exact) mass is 246 g/mol. The SMILES string of the molecule is CCNC(CN1CCC(C)C1)c1ccc(C)cc1. The van der Waals surface area contributed by atoms with Gasteiger partial charge in [-0.1, -0.05) is 43.7 Å². The Morgan fingerprint density at radius 2 is 2.06 bits per heavy atom. The lowest BCUT2D eigenvalue weighted by atomic mass is 10.0. The highest BCUT2D eigenvalue weighted by molar-refractivity contribution is 5.24. The minimum absolute atomic E-state index is 0.473. The molecule has 100 valence electrons. The summed E-state index contributed by atoms with van der Waals surface area (Å²) in [6.45, 7) is 11.4. The Morgan fingerprint density at radius 3 is 2.61 bits per heavy atom. The summed E-state index contributed by atoms with van der Waals surface area (Å²) in [4.78, 5) is 2.60. The number of hydrogen-bond acceptors (Lipinski definition) is 2. The van der Waals surface area contributed by atoms with Crippen molar-refractivity contribution in [3.8, 4) is 0 Å². The molecule has 1 aliphatic rings. The van der Waals surface area contributed by atoms with Gasteiger partial charge in [0, 0.05) is 19.1 Å². The van der Waals surface area contributed by atoms with E-state index < -0.39 is 0 Å². The van der Waals surface area contributed by atoms with E-state index in [0.717, 1.165) is 19.0 Å². The van der Waals surface area contributed by atoms with Crippen LogP contribution in [0.15, 0.2) is 24.3 Å². The quantitative estimate of drug-likeness (QED) is 0.859. The molecule has 0 radical (unpaired) electrons. The molecule has 1 aliphatic heterocycles. The molecule has 2 atom stereocenters. The third kappa shape index (κ3) is 3.56. The molecule has 0 amide bonds. The predicted molar refractivity (Wildman–Crippen MR) is 77.8 cm³/mol. The van der Waals surface area contributed by atoms with Crippen LogP contribution in [0.5, 0.6) is 0 Å². The van der Waals surface area contributed by atoms with Gasteiger partial charge in [-0.05, 0) is 37.9 Å². The normalized spacial score (nSPS) is 22.3. The van der Waals surface area contributed by atoms with E-state index >= 15 is 0 Å². The van der Waals surface area contributed by atoms with Gasteiger partial charge in [-0.15, -0.1) is 0 Å². The first kappa shape index (κ1) is 13.6. The predicted octanol–water partition coefficient (Wildman–Crippen LogP) is 2.99. The number of nitrogens with zero attached hydrogens (tertiary/aromatic N) is 1. The molecule has 0 aliphatic carbocycles. The second-order valence-electron chi connectivity index (χ2n) is 5.67. The van der Waals surface area contributed by atoms with Crippen LogP contribution < -0.4 is 5.32 Å². The van der Waals surface area contributed by atoms with Crippen molar-refractivity contribution in [2.24, 2.45) is 5.92 Å². The number of aryl methyl sites for hydroxylation is 1. The molecule has 1 fully saturated rings. The maximum absolute atomic E-state index is 3.62. The lowest BCUT2D eigenvalue weighted by molar-refractivity contribution is 0.286. The van der Waals surface area contributed by atoms with Gasteiger partial charge in [0.15, 0.2) is 0 Å². The maximum Gasteiger partial charge on any atom is 0.0449 e. The molecular weight excluding hydrogens is 220 g/mol. The van der Waals surface area contributed by atoms with E-state index in [2.05, 4.69) is 55.3 Å². The standard InChI is InChI=1S/C16H26N2/c1-4-17-16(12-18-10-9-14(3)11-18)15-7-5-13(2)6-8-15/h5-8,14,16-17H,4,9-12H2,1-3H3. The summed E-state index contributed by atoms with van der Waals surface area (Å²) in [7, 11) is 0. The number of likely N-dealkylation sites (tertiary alicyclic amines) is 1. The van der Waals surface area contributed by atoms with E-state index in [1.54, 1.807) is 0 Å². The first-order valence-electron chi connectivity index (χ1n) is 7.21. The Bertz CT molecular complexity index is 358. The second kappa shape index (κ2) is 6.35. The minimum Gasteiger partial charge on any atom is -0.309 e. The number of benzene rings is 1. The fourth-order valence-corrected chi connectivity index (χ4v) is 2.78. The van der Waals surface area contributed by atoms with Crippen molar-refractivity contribution in [1.82, 2.24) is 10.2 Å². The maximum atomic E-state index is 3.62. The summed E-state index contributed by atoms with van der Waals surface area (Å²) < 4.78 is 0. The topological polar surface area (TPSA) is 15.3 Å². The Balaban J connectivity index is 2.01. The molecule has 2 unspecified atom stereocenters. The van der Waals surface area contributed by atoms with Crippen molar-refractivity contribution in [3.63, 3.8) is 0 Å². The summed E-state index contributed by atoms with van der Waals surface area (Å²) in [5, 5.41) is 3.62. The van der Waals surface area contributed by atoms with Crippen molar-refractivity contribution in [1.29, 1.82) is 0 Å². The summed E-state index contributed by atoms with van der Waals surface area (Å²) >= 11 is 0. The van der Waals surface area contributed by atoms with Crippen LogP contribution in [0.3, 0.4) is 0 Å². The number of rotatable bonds is 5. The van der Waals surface area contributed by atoms with E-state index in [1.807, 2.05) is 0 Å². The largest absolute Gasteiger partial charge is 0.309 e. The zero-order valence-electron chi connectivity index (χ0n) is 11.9. The van der Waals surface area contributed by atoms with Gasteiger partial charge < -0.3 is 10.2 Å². The van der Waals surface area contributed by atoms with Crippen molar-refractivity contribution in [2.75, 3.05) is 26.2 Å². The molecule has 2 nitrogen and oxygen atoms in total. The Hall–Kier alpha value is -0.860. The van der Waals surface area contributed by atoms with Crippen molar-refractivity contribution in [3.05, 3.63) is 35.4 Å². The van der Waals surface area contributed by atoms with Crippen LogP contribution in [0.1, 0.15) is 37.4 Å². The third-order valence-corrected chi connectivity index (χ3v) is 3.88. The molecule has 0 saturated carbocycles. The van der Waals surface area contributed by atoms with Crippen LogP contribution >= 0.6 is 0 Å². The van der Waals surface area contributed by atoms with Gasteiger partial charge in [-0.25, -0.2) is 0 Å². The van der Waals surface area contributed by atoms with Crippen molar-refractivity contribution < 1.29 is 0 Å². The van der Waals surface area contributed by atoms with E-state index in [-0.39, 0.29) is 0 Å². The molecule has 1 aromatic carbocycles. The summed E-state index contributed by atoms with van der Waals surface area (Å²) in [5.74, 6) is 0.866. The van der Waals surface area contributed by atoms with Gasteiger partial charge in [-0.2, -0.15) is 0 Å². The van der Waals surface area contributed by atoms with Crippen molar-refractivity contribution >= 4 is 0 Å². The smallest absolute Gasteiger partial charge is 0.0449 e. The number of likely N-dealkylation sites (N-methyl/N-ethyl adjacent to an activating group) is 1. The molecule has 0 spiro atoms. The summed E-state index contributed by atoms with van der Waals surface area (Å²) in [6.07, 6.45) is 1.35. The van der Waals surface area contributed by atoms with E-state index in [0.29, 0.717) is 6.04 Å². The van der Waals surface area contributed by atoms with Crippen LogP contribution in [-0.2, 0) is 0 Å². The Labute approximate surface area is 111 Å². The first-order chi connectivity index (χ1) is 8.69. The number of nitrogens with one attached hydrogen (secondary N) is 1. The fraction of sp³-hybridized carbons (Fsp3) is 0.625. The molecule has 0 bridgehead atoms. The van der Waals surface area contributed by atoms with Crippen LogP contribution in [0.4, 0.5) is 0 Å². The van der Waals surface area contributed by atoms with Gasteiger partial charge in [0.1, 0.15) is 0 Å². The fourth-order valence-electron chi connectivity index (χ4n) is 2.78. The van der Waals surface area contributed by atoms with Gasteiger partial charge in [-0.3, -0.25) is 0 Å².